The van der Waals surface area contributed by atoms with Crippen molar-refractivity contribution in [3.05, 3.63) is 35.4 Å². The molecule has 3 heteroatoms. The highest BCUT2D eigenvalue weighted by Crippen LogP contribution is 2.21. The first kappa shape index (κ1) is 12.5. The van der Waals surface area contributed by atoms with Crippen LogP contribution in [0.4, 0.5) is 0 Å². The highest BCUT2D eigenvalue weighted by Gasteiger charge is 2.15. The van der Waals surface area contributed by atoms with Gasteiger partial charge in [-0.2, -0.15) is 0 Å². The van der Waals surface area contributed by atoms with Gasteiger partial charge in [0.1, 0.15) is 0 Å². The summed E-state index contributed by atoms with van der Waals surface area (Å²) in [5, 5.41) is 18.4. The molecule has 2 nitrogen and oxygen atoms in total. The molecule has 0 heterocycles. The van der Waals surface area contributed by atoms with E-state index in [0.717, 1.165) is 11.1 Å². The average molecular weight is 229 g/mol. The number of aliphatic hydroxyl groups is 2. The maximum atomic E-state index is 9.71. The first-order valence-corrected chi connectivity index (χ1v) is 5.66. The first-order valence-electron chi connectivity index (χ1n) is 5.12. The Labute approximate surface area is 95.5 Å². The first-order chi connectivity index (χ1) is 7.19. The van der Waals surface area contributed by atoms with Crippen LogP contribution in [-0.4, -0.2) is 22.9 Å². The van der Waals surface area contributed by atoms with Crippen LogP contribution in [0.2, 0.25) is 0 Å². The normalized spacial score (nSPS) is 14.9. The summed E-state index contributed by atoms with van der Waals surface area (Å²) < 4.78 is 0. The molecule has 2 atom stereocenters. The summed E-state index contributed by atoms with van der Waals surface area (Å²) >= 11 is 5.69. The SMILES string of the molecule is CC(c1ccc(CCl)cc1)C(O)CCO. The van der Waals surface area contributed by atoms with Gasteiger partial charge in [0, 0.05) is 18.4 Å². The predicted octanol–water partition coefficient (Wildman–Crippen LogP) is 2.27. The molecule has 0 bridgehead atoms. The lowest BCUT2D eigenvalue weighted by molar-refractivity contribution is 0.113. The molecular weight excluding hydrogens is 212 g/mol. The van der Waals surface area contributed by atoms with Crippen molar-refractivity contribution in [2.24, 2.45) is 0 Å². The van der Waals surface area contributed by atoms with E-state index < -0.39 is 6.10 Å². The van der Waals surface area contributed by atoms with Gasteiger partial charge in [-0.05, 0) is 17.5 Å². The third-order valence-corrected chi connectivity index (χ3v) is 2.97. The smallest absolute Gasteiger partial charge is 0.0627 e. The predicted molar refractivity (Wildman–Crippen MR) is 62.1 cm³/mol. The third kappa shape index (κ3) is 3.49. The zero-order valence-electron chi connectivity index (χ0n) is 8.86. The second-order valence-corrected chi connectivity index (χ2v) is 4.01. The molecule has 1 aromatic carbocycles. The maximum absolute atomic E-state index is 9.71. The van der Waals surface area contributed by atoms with Crippen molar-refractivity contribution in [2.45, 2.75) is 31.2 Å². The van der Waals surface area contributed by atoms with Gasteiger partial charge in [0.2, 0.25) is 0 Å². The van der Waals surface area contributed by atoms with Crippen LogP contribution in [-0.2, 0) is 5.88 Å². The largest absolute Gasteiger partial charge is 0.396 e. The molecule has 84 valence electrons. The van der Waals surface area contributed by atoms with Gasteiger partial charge in [0.15, 0.2) is 0 Å². The Hall–Kier alpha value is -0.570. The summed E-state index contributed by atoms with van der Waals surface area (Å²) in [6.45, 7) is 1.97. The number of halogens is 1. The zero-order chi connectivity index (χ0) is 11.3. The average Bonchev–Trinajstić information content (AvgIpc) is 2.28. The van der Waals surface area contributed by atoms with E-state index in [9.17, 15) is 5.11 Å². The molecule has 15 heavy (non-hydrogen) atoms. The third-order valence-electron chi connectivity index (χ3n) is 2.66. The molecule has 2 N–H and O–H groups in total. The molecule has 0 saturated carbocycles. The van der Waals surface area contributed by atoms with Crippen molar-refractivity contribution in [3.63, 3.8) is 0 Å². The fourth-order valence-electron chi connectivity index (χ4n) is 1.51. The van der Waals surface area contributed by atoms with Crippen molar-refractivity contribution >= 4 is 11.6 Å². The molecule has 0 amide bonds. The molecular formula is C12H17ClO2. The molecule has 0 fully saturated rings. The summed E-state index contributed by atoms with van der Waals surface area (Å²) in [5.41, 5.74) is 2.15. The molecule has 0 aromatic heterocycles. The van der Waals surface area contributed by atoms with Gasteiger partial charge >= 0.3 is 0 Å². The Morgan fingerprint density at radius 1 is 1.27 bits per heavy atom. The van der Waals surface area contributed by atoms with Gasteiger partial charge in [-0.3, -0.25) is 0 Å². The van der Waals surface area contributed by atoms with Gasteiger partial charge in [0.05, 0.1) is 6.10 Å². The Balaban J connectivity index is 2.69. The molecule has 0 saturated heterocycles. The summed E-state index contributed by atoms with van der Waals surface area (Å²) in [7, 11) is 0. The van der Waals surface area contributed by atoms with E-state index in [2.05, 4.69) is 0 Å². The van der Waals surface area contributed by atoms with E-state index in [-0.39, 0.29) is 12.5 Å². The second-order valence-electron chi connectivity index (χ2n) is 3.74. The number of hydrogen-bond donors (Lipinski definition) is 2. The lowest BCUT2D eigenvalue weighted by atomic mass is 9.93. The highest BCUT2D eigenvalue weighted by atomic mass is 35.5. The summed E-state index contributed by atoms with van der Waals surface area (Å²) in [6.07, 6.45) is -0.0739. The molecule has 0 radical (unpaired) electrons. The molecule has 0 spiro atoms. The van der Waals surface area contributed by atoms with E-state index in [0.29, 0.717) is 12.3 Å². The van der Waals surface area contributed by atoms with Crippen molar-refractivity contribution in [2.75, 3.05) is 6.61 Å². The monoisotopic (exact) mass is 228 g/mol. The van der Waals surface area contributed by atoms with Crippen molar-refractivity contribution in [1.82, 2.24) is 0 Å². The van der Waals surface area contributed by atoms with Gasteiger partial charge < -0.3 is 10.2 Å². The number of benzene rings is 1. The maximum Gasteiger partial charge on any atom is 0.0627 e. The standard InChI is InChI=1S/C12H17ClO2/c1-9(12(15)6-7-14)11-4-2-10(8-13)3-5-11/h2-5,9,12,14-15H,6-8H2,1H3. The fourth-order valence-corrected chi connectivity index (χ4v) is 1.69. The van der Waals surface area contributed by atoms with Crippen LogP contribution in [0.15, 0.2) is 24.3 Å². The van der Waals surface area contributed by atoms with Crippen LogP contribution < -0.4 is 0 Å². The van der Waals surface area contributed by atoms with Crippen LogP contribution in [0.25, 0.3) is 0 Å². The Kier molecular flexibility index (Phi) is 5.09. The minimum atomic E-state index is -0.489. The van der Waals surface area contributed by atoms with Crippen LogP contribution in [0.3, 0.4) is 0 Å². The number of hydrogen-bond acceptors (Lipinski definition) is 2. The minimum absolute atomic E-state index is 0.0191. The van der Waals surface area contributed by atoms with E-state index in [1.54, 1.807) is 0 Å². The van der Waals surface area contributed by atoms with E-state index in [1.165, 1.54) is 0 Å². The fraction of sp³-hybridized carbons (Fsp3) is 0.500. The van der Waals surface area contributed by atoms with Crippen LogP contribution in [0, 0.1) is 0 Å². The van der Waals surface area contributed by atoms with Crippen LogP contribution in [0.1, 0.15) is 30.4 Å². The summed E-state index contributed by atoms with van der Waals surface area (Å²) in [4.78, 5) is 0. The van der Waals surface area contributed by atoms with Crippen LogP contribution in [0.5, 0.6) is 0 Å². The van der Waals surface area contributed by atoms with Crippen LogP contribution >= 0.6 is 11.6 Å². The number of aliphatic hydroxyl groups excluding tert-OH is 2. The molecule has 0 aliphatic rings. The number of alkyl halides is 1. The van der Waals surface area contributed by atoms with E-state index >= 15 is 0 Å². The highest BCUT2D eigenvalue weighted by molar-refractivity contribution is 6.17. The minimum Gasteiger partial charge on any atom is -0.396 e. The Morgan fingerprint density at radius 2 is 1.87 bits per heavy atom. The van der Waals surface area contributed by atoms with E-state index in [1.807, 2.05) is 31.2 Å². The molecule has 0 aliphatic carbocycles. The lowest BCUT2D eigenvalue weighted by Gasteiger charge is -2.18. The van der Waals surface area contributed by atoms with E-state index in [4.69, 9.17) is 16.7 Å². The van der Waals surface area contributed by atoms with Crippen molar-refractivity contribution in [1.29, 1.82) is 0 Å². The summed E-state index contributed by atoms with van der Waals surface area (Å²) in [5.74, 6) is 0.551. The number of rotatable bonds is 5. The quantitative estimate of drug-likeness (QED) is 0.760. The molecule has 1 rings (SSSR count). The van der Waals surface area contributed by atoms with Gasteiger partial charge in [0.25, 0.3) is 0 Å². The van der Waals surface area contributed by atoms with Crippen molar-refractivity contribution < 1.29 is 10.2 Å². The lowest BCUT2D eigenvalue weighted by Crippen LogP contribution is -2.17. The van der Waals surface area contributed by atoms with Crippen molar-refractivity contribution in [3.8, 4) is 0 Å². The zero-order valence-corrected chi connectivity index (χ0v) is 9.61. The van der Waals surface area contributed by atoms with Gasteiger partial charge in [-0.25, -0.2) is 0 Å². The topological polar surface area (TPSA) is 40.5 Å². The summed E-state index contributed by atoms with van der Waals surface area (Å²) in [6, 6.07) is 7.88. The molecule has 2 unspecified atom stereocenters. The van der Waals surface area contributed by atoms with Gasteiger partial charge in [-0.15, -0.1) is 11.6 Å². The second kappa shape index (κ2) is 6.11. The Bertz CT molecular complexity index is 284. The van der Waals surface area contributed by atoms with Gasteiger partial charge in [-0.1, -0.05) is 31.2 Å². The molecule has 1 aromatic rings. The molecule has 0 aliphatic heterocycles. The Morgan fingerprint density at radius 3 is 2.33 bits per heavy atom.